The summed E-state index contributed by atoms with van der Waals surface area (Å²) in [5.74, 6) is 0. The van der Waals surface area contributed by atoms with Crippen LogP contribution in [0.15, 0.2) is 58.1 Å². The molecule has 0 spiro atoms. The molecule has 1 aliphatic heterocycles. The summed E-state index contributed by atoms with van der Waals surface area (Å²) < 4.78 is 5.18. The first-order chi connectivity index (χ1) is 12.2. The number of hydrogen-bond acceptors (Lipinski definition) is 5. The second-order valence-corrected chi connectivity index (χ2v) is 5.46. The van der Waals surface area contributed by atoms with Crippen molar-refractivity contribution in [2.24, 2.45) is 15.0 Å². The Morgan fingerprint density at radius 1 is 1.20 bits per heavy atom. The van der Waals surface area contributed by atoms with Gasteiger partial charge in [0.15, 0.2) is 0 Å². The van der Waals surface area contributed by atoms with Crippen LogP contribution in [0.4, 0.5) is 5.69 Å². The fraction of sp³-hybridized carbons (Fsp3) is 0.350. The third-order valence-corrected chi connectivity index (χ3v) is 3.90. The first-order valence-electron chi connectivity index (χ1n) is 8.57. The van der Waals surface area contributed by atoms with Gasteiger partial charge in [0.1, 0.15) is 5.71 Å². The van der Waals surface area contributed by atoms with E-state index in [1.165, 1.54) is 11.9 Å². The van der Waals surface area contributed by atoms with E-state index in [-0.39, 0.29) is 0 Å². The van der Waals surface area contributed by atoms with Gasteiger partial charge < -0.3 is 9.64 Å². The second-order valence-electron chi connectivity index (χ2n) is 5.46. The molecule has 0 aromatic heterocycles. The van der Waals surface area contributed by atoms with Crippen molar-refractivity contribution in [1.29, 1.82) is 0 Å². The minimum atomic E-state index is 0.698. The Labute approximate surface area is 150 Å². The number of rotatable bonds is 8. The van der Waals surface area contributed by atoms with Crippen LogP contribution in [0.25, 0.3) is 5.70 Å². The summed E-state index contributed by atoms with van der Waals surface area (Å²) in [5, 5.41) is 0. The summed E-state index contributed by atoms with van der Waals surface area (Å²) in [4.78, 5) is 15.5. The predicted molar refractivity (Wildman–Crippen MR) is 108 cm³/mol. The molecule has 0 atom stereocenters. The Morgan fingerprint density at radius 3 is 2.56 bits per heavy atom. The standard InChI is InChI=1S/C20H26N4O/c1-5-21-19-14-18(23-15-20(19)22-6-2)16-8-10-17(11-9-16)24(7-3)12-13-25-4/h5,8-11,14-15H,1,6-7,12-13H2,2-4H3. The fourth-order valence-corrected chi connectivity index (χ4v) is 2.60. The molecule has 0 radical (unpaired) electrons. The van der Waals surface area contributed by atoms with Crippen molar-refractivity contribution < 1.29 is 4.74 Å². The zero-order chi connectivity index (χ0) is 18.1. The van der Waals surface area contributed by atoms with E-state index >= 15 is 0 Å². The number of nitrogens with zero attached hydrogens (tertiary/aromatic N) is 4. The highest BCUT2D eigenvalue weighted by molar-refractivity contribution is 6.67. The molecule has 25 heavy (non-hydrogen) atoms. The number of methoxy groups -OCH3 is 1. The number of benzene rings is 1. The molecule has 0 N–H and O–H groups in total. The Balaban J connectivity index is 2.23. The lowest BCUT2D eigenvalue weighted by molar-refractivity contribution is 0.205. The molecular formula is C20H26N4O. The highest BCUT2D eigenvalue weighted by Crippen LogP contribution is 2.22. The molecule has 0 saturated carbocycles. The molecule has 2 rings (SSSR count). The second kappa shape index (κ2) is 9.69. The first kappa shape index (κ1) is 18.8. The van der Waals surface area contributed by atoms with Gasteiger partial charge in [-0.15, -0.1) is 0 Å². The molecule has 5 nitrogen and oxygen atoms in total. The highest BCUT2D eigenvalue weighted by atomic mass is 16.5. The van der Waals surface area contributed by atoms with Crippen LogP contribution in [0, 0.1) is 0 Å². The minimum absolute atomic E-state index is 0.698. The van der Waals surface area contributed by atoms with Gasteiger partial charge in [-0.1, -0.05) is 18.7 Å². The van der Waals surface area contributed by atoms with Gasteiger partial charge in [0, 0.05) is 44.2 Å². The lowest BCUT2D eigenvalue weighted by Gasteiger charge is -2.23. The number of allylic oxidation sites excluding steroid dienone is 1. The van der Waals surface area contributed by atoms with E-state index in [2.05, 4.69) is 57.6 Å². The van der Waals surface area contributed by atoms with Crippen molar-refractivity contribution in [1.82, 2.24) is 0 Å². The van der Waals surface area contributed by atoms with Crippen molar-refractivity contribution in [3.05, 3.63) is 48.7 Å². The number of hydrogen-bond donors (Lipinski definition) is 0. The maximum atomic E-state index is 5.18. The van der Waals surface area contributed by atoms with Gasteiger partial charge in [-0.3, -0.25) is 15.0 Å². The molecular weight excluding hydrogens is 312 g/mol. The van der Waals surface area contributed by atoms with Crippen LogP contribution < -0.4 is 4.90 Å². The van der Waals surface area contributed by atoms with Crippen molar-refractivity contribution >= 4 is 29.0 Å². The summed E-state index contributed by atoms with van der Waals surface area (Å²) in [6.07, 6.45) is 5.26. The van der Waals surface area contributed by atoms with E-state index in [0.717, 1.165) is 35.8 Å². The summed E-state index contributed by atoms with van der Waals surface area (Å²) in [6.45, 7) is 11.0. The highest BCUT2D eigenvalue weighted by Gasteiger charge is 2.13. The summed E-state index contributed by atoms with van der Waals surface area (Å²) >= 11 is 0. The average Bonchev–Trinajstić information content (AvgIpc) is 2.65. The van der Waals surface area contributed by atoms with E-state index in [1.54, 1.807) is 13.3 Å². The van der Waals surface area contributed by atoms with Gasteiger partial charge >= 0.3 is 0 Å². The summed E-state index contributed by atoms with van der Waals surface area (Å²) in [6, 6.07) is 8.40. The Morgan fingerprint density at radius 2 is 1.96 bits per heavy atom. The molecule has 0 aliphatic carbocycles. The van der Waals surface area contributed by atoms with Crippen LogP contribution in [-0.2, 0) is 4.74 Å². The Bertz CT molecular complexity index is 699. The zero-order valence-corrected chi connectivity index (χ0v) is 15.3. The SMILES string of the molecule is C=CN=C1C=C(c2ccc(N(CC)CCOC)cc2)N=CC1=NCC. The largest absolute Gasteiger partial charge is 0.383 e. The molecule has 0 amide bonds. The molecule has 0 saturated heterocycles. The summed E-state index contributed by atoms with van der Waals surface area (Å²) in [5.41, 5.74) is 4.69. The van der Waals surface area contributed by atoms with Crippen LogP contribution >= 0.6 is 0 Å². The van der Waals surface area contributed by atoms with Crippen molar-refractivity contribution in [3.63, 3.8) is 0 Å². The maximum absolute atomic E-state index is 5.18. The number of anilines is 1. The van der Waals surface area contributed by atoms with Crippen LogP contribution in [-0.4, -0.2) is 51.0 Å². The Hall–Kier alpha value is -2.53. The third kappa shape index (κ3) is 4.97. The number of ether oxygens (including phenoxy) is 1. The maximum Gasteiger partial charge on any atom is 0.101 e. The molecule has 0 bridgehead atoms. The molecule has 0 fully saturated rings. The van der Waals surface area contributed by atoms with Gasteiger partial charge in [0.05, 0.1) is 24.2 Å². The average molecular weight is 338 g/mol. The van der Waals surface area contributed by atoms with E-state index in [0.29, 0.717) is 13.2 Å². The molecule has 1 aliphatic rings. The minimum Gasteiger partial charge on any atom is -0.383 e. The van der Waals surface area contributed by atoms with Crippen molar-refractivity contribution in [3.8, 4) is 0 Å². The quantitative estimate of drug-likeness (QED) is 0.727. The van der Waals surface area contributed by atoms with E-state index in [1.807, 2.05) is 13.0 Å². The third-order valence-electron chi connectivity index (χ3n) is 3.90. The van der Waals surface area contributed by atoms with Crippen LogP contribution in [0.3, 0.4) is 0 Å². The smallest absolute Gasteiger partial charge is 0.101 e. The van der Waals surface area contributed by atoms with Crippen molar-refractivity contribution in [2.45, 2.75) is 13.8 Å². The van der Waals surface area contributed by atoms with Gasteiger partial charge in [-0.05, 0) is 32.1 Å². The zero-order valence-electron chi connectivity index (χ0n) is 15.3. The summed E-state index contributed by atoms with van der Waals surface area (Å²) in [7, 11) is 1.73. The topological polar surface area (TPSA) is 49.5 Å². The van der Waals surface area contributed by atoms with Crippen molar-refractivity contribution in [2.75, 3.05) is 38.3 Å². The predicted octanol–water partition coefficient (Wildman–Crippen LogP) is 3.63. The Kier molecular flexibility index (Phi) is 7.29. The lowest BCUT2D eigenvalue weighted by Crippen LogP contribution is -2.26. The van der Waals surface area contributed by atoms with Crippen LogP contribution in [0.5, 0.6) is 0 Å². The van der Waals surface area contributed by atoms with Crippen LogP contribution in [0.1, 0.15) is 19.4 Å². The first-order valence-corrected chi connectivity index (χ1v) is 8.57. The molecule has 1 heterocycles. The monoisotopic (exact) mass is 338 g/mol. The fourth-order valence-electron chi connectivity index (χ4n) is 2.60. The van der Waals surface area contributed by atoms with Crippen LogP contribution in [0.2, 0.25) is 0 Å². The van der Waals surface area contributed by atoms with E-state index in [4.69, 9.17) is 4.74 Å². The number of likely N-dealkylation sites (N-methyl/N-ethyl adjacent to an activating group) is 1. The van der Waals surface area contributed by atoms with E-state index < -0.39 is 0 Å². The molecule has 1 aromatic rings. The van der Waals surface area contributed by atoms with Gasteiger partial charge in [0.25, 0.3) is 0 Å². The molecule has 0 unspecified atom stereocenters. The molecule has 1 aromatic carbocycles. The van der Waals surface area contributed by atoms with Gasteiger partial charge in [-0.25, -0.2) is 0 Å². The molecule has 132 valence electrons. The normalized spacial score (nSPS) is 17.0. The van der Waals surface area contributed by atoms with Gasteiger partial charge in [-0.2, -0.15) is 0 Å². The number of aliphatic imine (C=N–C) groups is 3. The van der Waals surface area contributed by atoms with Gasteiger partial charge in [0.2, 0.25) is 0 Å². The lowest BCUT2D eigenvalue weighted by atomic mass is 10.1. The van der Waals surface area contributed by atoms with E-state index in [9.17, 15) is 0 Å². The molecule has 5 heteroatoms.